The zero-order valence-corrected chi connectivity index (χ0v) is 14.0. The van der Waals surface area contributed by atoms with Crippen molar-refractivity contribution in [2.45, 2.75) is 6.42 Å². The molecule has 3 rings (SSSR count). The number of halogens is 1. The minimum atomic E-state index is -0.0766. The number of aromatic nitrogens is 1. The second-order valence-corrected chi connectivity index (χ2v) is 6.07. The highest BCUT2D eigenvalue weighted by Gasteiger charge is 2.05. The van der Waals surface area contributed by atoms with Crippen LogP contribution in [0.25, 0.3) is 11.1 Å². The molecule has 1 amide bonds. The van der Waals surface area contributed by atoms with E-state index < -0.39 is 0 Å². The molecule has 114 valence electrons. The molecule has 4 heteroatoms. The zero-order chi connectivity index (χ0) is 16.1. The topological polar surface area (TPSA) is 42.0 Å². The van der Waals surface area contributed by atoms with Gasteiger partial charge in [-0.15, -0.1) is 0 Å². The van der Waals surface area contributed by atoms with Crippen molar-refractivity contribution in [2.75, 3.05) is 5.32 Å². The molecule has 0 bridgehead atoms. The SMILES string of the molecule is O=C(Cc1ccc(-c2ccccc2)cc1)Nc1ccc(Br)cn1. The van der Waals surface area contributed by atoms with Gasteiger partial charge >= 0.3 is 0 Å². The first-order valence-electron chi connectivity index (χ1n) is 7.26. The minimum Gasteiger partial charge on any atom is -0.310 e. The fourth-order valence-corrected chi connectivity index (χ4v) is 2.50. The van der Waals surface area contributed by atoms with Gasteiger partial charge < -0.3 is 5.32 Å². The van der Waals surface area contributed by atoms with Gasteiger partial charge in [-0.1, -0.05) is 54.6 Å². The molecule has 1 N–H and O–H groups in total. The summed E-state index contributed by atoms with van der Waals surface area (Å²) in [5.41, 5.74) is 3.28. The molecule has 3 nitrogen and oxygen atoms in total. The van der Waals surface area contributed by atoms with E-state index in [1.807, 2.05) is 48.5 Å². The van der Waals surface area contributed by atoms with E-state index in [0.29, 0.717) is 12.2 Å². The summed E-state index contributed by atoms with van der Waals surface area (Å²) in [5.74, 6) is 0.478. The Bertz CT molecular complexity index is 784. The molecule has 0 saturated heterocycles. The first-order chi connectivity index (χ1) is 11.2. The molecule has 0 radical (unpaired) electrons. The van der Waals surface area contributed by atoms with Gasteiger partial charge in [-0.05, 0) is 44.8 Å². The van der Waals surface area contributed by atoms with Crippen LogP contribution in [0.2, 0.25) is 0 Å². The van der Waals surface area contributed by atoms with Crippen LogP contribution in [-0.2, 0) is 11.2 Å². The Kier molecular flexibility index (Phi) is 4.83. The lowest BCUT2D eigenvalue weighted by Gasteiger charge is -2.06. The fourth-order valence-electron chi connectivity index (χ4n) is 2.27. The first kappa shape index (κ1) is 15.4. The smallest absolute Gasteiger partial charge is 0.229 e. The largest absolute Gasteiger partial charge is 0.310 e. The molecule has 0 atom stereocenters. The normalized spacial score (nSPS) is 10.3. The van der Waals surface area contributed by atoms with E-state index in [0.717, 1.165) is 15.6 Å². The number of carbonyl (C=O) groups excluding carboxylic acids is 1. The summed E-state index contributed by atoms with van der Waals surface area (Å²) >= 11 is 3.32. The molecule has 0 aliphatic carbocycles. The quantitative estimate of drug-likeness (QED) is 0.727. The molecule has 0 fully saturated rings. The lowest BCUT2D eigenvalue weighted by Crippen LogP contribution is -2.15. The summed E-state index contributed by atoms with van der Waals surface area (Å²) < 4.78 is 0.881. The van der Waals surface area contributed by atoms with Gasteiger partial charge in [-0.3, -0.25) is 4.79 Å². The van der Waals surface area contributed by atoms with Gasteiger partial charge in [-0.2, -0.15) is 0 Å². The van der Waals surface area contributed by atoms with E-state index in [4.69, 9.17) is 0 Å². The number of nitrogens with one attached hydrogen (secondary N) is 1. The summed E-state index contributed by atoms with van der Waals surface area (Å²) in [6.45, 7) is 0. The molecule has 0 saturated carbocycles. The number of anilines is 1. The van der Waals surface area contributed by atoms with Crippen molar-refractivity contribution in [2.24, 2.45) is 0 Å². The second kappa shape index (κ2) is 7.20. The molecular formula is C19H15BrN2O. The Morgan fingerprint density at radius 2 is 1.61 bits per heavy atom. The highest BCUT2D eigenvalue weighted by Crippen LogP contribution is 2.19. The molecule has 23 heavy (non-hydrogen) atoms. The summed E-state index contributed by atoms with van der Waals surface area (Å²) in [6, 6.07) is 21.8. The van der Waals surface area contributed by atoms with Crippen LogP contribution in [0.4, 0.5) is 5.82 Å². The Balaban J connectivity index is 1.64. The summed E-state index contributed by atoms with van der Waals surface area (Å²) in [7, 11) is 0. The third-order valence-corrected chi connectivity index (χ3v) is 3.89. The van der Waals surface area contributed by atoms with Gasteiger partial charge in [0.25, 0.3) is 0 Å². The Labute approximate surface area is 143 Å². The van der Waals surface area contributed by atoms with E-state index in [-0.39, 0.29) is 5.91 Å². The highest BCUT2D eigenvalue weighted by atomic mass is 79.9. The standard InChI is InChI=1S/C19H15BrN2O/c20-17-10-11-18(21-13-17)22-19(23)12-14-6-8-16(9-7-14)15-4-2-1-3-5-15/h1-11,13H,12H2,(H,21,22,23). The van der Waals surface area contributed by atoms with Gasteiger partial charge in [0.2, 0.25) is 5.91 Å². The molecule has 0 unspecified atom stereocenters. The average Bonchev–Trinajstić information content (AvgIpc) is 2.58. The first-order valence-corrected chi connectivity index (χ1v) is 8.06. The van der Waals surface area contributed by atoms with E-state index in [1.54, 1.807) is 12.3 Å². The van der Waals surface area contributed by atoms with Gasteiger partial charge in [0.1, 0.15) is 5.82 Å². The van der Waals surface area contributed by atoms with Gasteiger partial charge in [0.05, 0.1) is 6.42 Å². The van der Waals surface area contributed by atoms with Crippen LogP contribution in [0.3, 0.4) is 0 Å². The molecule has 0 aliphatic rings. The second-order valence-electron chi connectivity index (χ2n) is 5.15. The predicted molar refractivity (Wildman–Crippen MR) is 96.1 cm³/mol. The van der Waals surface area contributed by atoms with Crippen LogP contribution in [-0.4, -0.2) is 10.9 Å². The molecule has 0 aliphatic heterocycles. The maximum Gasteiger partial charge on any atom is 0.229 e. The maximum atomic E-state index is 12.1. The van der Waals surface area contributed by atoms with Gasteiger partial charge in [-0.25, -0.2) is 4.98 Å². The molecular weight excluding hydrogens is 352 g/mol. The highest BCUT2D eigenvalue weighted by molar-refractivity contribution is 9.10. The van der Waals surface area contributed by atoms with Crippen molar-refractivity contribution in [3.8, 4) is 11.1 Å². The van der Waals surface area contributed by atoms with Crippen molar-refractivity contribution in [3.63, 3.8) is 0 Å². The van der Waals surface area contributed by atoms with E-state index in [9.17, 15) is 4.79 Å². The van der Waals surface area contributed by atoms with Crippen molar-refractivity contribution >= 4 is 27.7 Å². The van der Waals surface area contributed by atoms with Crippen molar-refractivity contribution in [1.82, 2.24) is 4.98 Å². The van der Waals surface area contributed by atoms with Crippen LogP contribution in [0, 0.1) is 0 Å². The third-order valence-electron chi connectivity index (χ3n) is 3.42. The Hall–Kier alpha value is -2.46. The van der Waals surface area contributed by atoms with Crippen molar-refractivity contribution < 1.29 is 4.79 Å². The third kappa shape index (κ3) is 4.27. The van der Waals surface area contributed by atoms with Crippen LogP contribution < -0.4 is 5.32 Å². The number of benzene rings is 2. The number of hydrogen-bond donors (Lipinski definition) is 1. The average molecular weight is 367 g/mol. The van der Waals surface area contributed by atoms with E-state index >= 15 is 0 Å². The number of rotatable bonds is 4. The predicted octanol–water partition coefficient (Wildman–Crippen LogP) is 4.69. The number of hydrogen-bond acceptors (Lipinski definition) is 2. The molecule has 0 spiro atoms. The monoisotopic (exact) mass is 366 g/mol. The minimum absolute atomic E-state index is 0.0766. The summed E-state index contributed by atoms with van der Waals surface area (Å²) in [4.78, 5) is 16.2. The Morgan fingerprint density at radius 3 is 2.26 bits per heavy atom. The van der Waals surface area contributed by atoms with Gasteiger partial charge in [0, 0.05) is 10.7 Å². The number of carbonyl (C=O) groups is 1. The summed E-state index contributed by atoms with van der Waals surface area (Å²) in [6.07, 6.45) is 1.98. The number of amides is 1. The van der Waals surface area contributed by atoms with Crippen molar-refractivity contribution in [1.29, 1.82) is 0 Å². The summed E-state index contributed by atoms with van der Waals surface area (Å²) in [5, 5.41) is 2.79. The van der Waals surface area contributed by atoms with E-state index in [2.05, 4.69) is 38.4 Å². The van der Waals surface area contributed by atoms with E-state index in [1.165, 1.54) is 5.56 Å². The van der Waals surface area contributed by atoms with Crippen LogP contribution in [0.1, 0.15) is 5.56 Å². The van der Waals surface area contributed by atoms with Crippen molar-refractivity contribution in [3.05, 3.63) is 83.0 Å². The number of pyridine rings is 1. The molecule has 2 aromatic carbocycles. The fraction of sp³-hybridized carbons (Fsp3) is 0.0526. The maximum absolute atomic E-state index is 12.1. The van der Waals surface area contributed by atoms with Crippen LogP contribution >= 0.6 is 15.9 Å². The number of nitrogens with zero attached hydrogens (tertiary/aromatic N) is 1. The zero-order valence-electron chi connectivity index (χ0n) is 12.4. The van der Waals surface area contributed by atoms with Gasteiger partial charge in [0.15, 0.2) is 0 Å². The molecule has 3 aromatic rings. The van der Waals surface area contributed by atoms with Crippen LogP contribution in [0.5, 0.6) is 0 Å². The lowest BCUT2D eigenvalue weighted by atomic mass is 10.0. The molecule has 1 heterocycles. The Morgan fingerprint density at radius 1 is 0.913 bits per heavy atom. The lowest BCUT2D eigenvalue weighted by molar-refractivity contribution is -0.115. The molecule has 1 aromatic heterocycles. The van der Waals surface area contributed by atoms with Crippen LogP contribution in [0.15, 0.2) is 77.4 Å².